The Kier molecular flexibility index (Phi) is 3.92. The third-order valence-electron chi connectivity index (χ3n) is 3.47. The summed E-state index contributed by atoms with van der Waals surface area (Å²) in [6.07, 6.45) is 0. The number of hydrogen-bond acceptors (Lipinski definition) is 4. The molecule has 0 unspecified atom stereocenters. The fraction of sp³-hybridized carbons (Fsp3) is 0.353. The summed E-state index contributed by atoms with van der Waals surface area (Å²) in [5.41, 5.74) is 1.04. The second-order valence-electron chi connectivity index (χ2n) is 6.29. The van der Waals surface area contributed by atoms with Gasteiger partial charge < -0.3 is 9.72 Å². The number of H-pyrrole nitrogens is 1. The molecule has 1 aromatic heterocycles. The summed E-state index contributed by atoms with van der Waals surface area (Å²) in [6.45, 7) is 6.90. The van der Waals surface area contributed by atoms with Gasteiger partial charge in [-0.25, -0.2) is 4.79 Å². The maximum absolute atomic E-state index is 12.3. The van der Waals surface area contributed by atoms with E-state index in [2.05, 4.69) is 4.98 Å². The fourth-order valence-corrected chi connectivity index (χ4v) is 2.28. The van der Waals surface area contributed by atoms with Gasteiger partial charge in [0, 0.05) is 21.9 Å². The van der Waals surface area contributed by atoms with Crippen LogP contribution in [-0.4, -0.2) is 29.6 Å². The van der Waals surface area contributed by atoms with Crippen molar-refractivity contribution < 1.29 is 19.1 Å². The van der Waals surface area contributed by atoms with Gasteiger partial charge in [0.25, 0.3) is 0 Å². The fourth-order valence-electron chi connectivity index (χ4n) is 2.28. The normalized spacial score (nSPS) is 11.5. The molecule has 0 aliphatic heterocycles. The van der Waals surface area contributed by atoms with Gasteiger partial charge in [0.1, 0.15) is 0 Å². The molecule has 22 heavy (non-hydrogen) atoms. The van der Waals surface area contributed by atoms with Crippen LogP contribution < -0.4 is 0 Å². The van der Waals surface area contributed by atoms with Crippen molar-refractivity contribution in [1.82, 2.24) is 4.98 Å². The van der Waals surface area contributed by atoms with Crippen molar-refractivity contribution in [2.75, 3.05) is 7.11 Å². The number of rotatable bonds is 3. The Labute approximate surface area is 128 Å². The molecule has 0 saturated carbocycles. The summed E-state index contributed by atoms with van der Waals surface area (Å²) in [5, 5.41) is 0.713. The molecule has 0 saturated heterocycles. The van der Waals surface area contributed by atoms with Crippen LogP contribution >= 0.6 is 0 Å². The quantitative estimate of drug-likeness (QED) is 0.696. The highest BCUT2D eigenvalue weighted by molar-refractivity contribution is 6.10. The predicted molar refractivity (Wildman–Crippen MR) is 83.4 cm³/mol. The topological polar surface area (TPSA) is 76.2 Å². The Morgan fingerprint density at radius 3 is 2.18 bits per heavy atom. The maximum Gasteiger partial charge on any atom is 0.338 e. The van der Waals surface area contributed by atoms with Crippen molar-refractivity contribution in [1.29, 1.82) is 0 Å². The maximum atomic E-state index is 12.3. The Hall–Kier alpha value is -2.43. The monoisotopic (exact) mass is 301 g/mol. The second-order valence-corrected chi connectivity index (χ2v) is 6.29. The van der Waals surface area contributed by atoms with E-state index in [4.69, 9.17) is 4.74 Å². The number of aromatic amines is 1. The zero-order valence-corrected chi connectivity index (χ0v) is 13.4. The van der Waals surface area contributed by atoms with Gasteiger partial charge in [-0.05, 0) is 25.1 Å². The highest BCUT2D eigenvalue weighted by Crippen LogP contribution is 2.26. The predicted octanol–water partition coefficient (Wildman–Crippen LogP) is 3.39. The van der Waals surface area contributed by atoms with Gasteiger partial charge in [0.15, 0.2) is 11.6 Å². The number of Topliss-reactive ketones (excluding diaryl/α,β-unsaturated/α-hetero) is 2. The minimum absolute atomic E-state index is 0.0345. The lowest BCUT2D eigenvalue weighted by Gasteiger charge is -2.14. The number of fused-ring (bicyclic) bond motifs is 1. The van der Waals surface area contributed by atoms with Gasteiger partial charge in [-0.3, -0.25) is 9.59 Å². The zero-order chi connectivity index (χ0) is 16.7. The van der Waals surface area contributed by atoms with Crippen LogP contribution in [0.1, 0.15) is 58.9 Å². The van der Waals surface area contributed by atoms with Crippen LogP contribution in [-0.2, 0) is 4.74 Å². The summed E-state index contributed by atoms with van der Waals surface area (Å²) >= 11 is 0. The number of aromatic nitrogens is 1. The van der Waals surface area contributed by atoms with E-state index in [1.807, 2.05) is 20.8 Å². The first-order valence-electron chi connectivity index (χ1n) is 6.96. The van der Waals surface area contributed by atoms with Gasteiger partial charge in [-0.1, -0.05) is 20.8 Å². The van der Waals surface area contributed by atoms with Crippen molar-refractivity contribution in [3.8, 4) is 0 Å². The number of ether oxygens (including phenoxy) is 1. The van der Waals surface area contributed by atoms with Crippen molar-refractivity contribution in [2.24, 2.45) is 5.41 Å². The Balaban J connectivity index is 2.65. The minimum atomic E-state index is -0.578. The van der Waals surface area contributed by atoms with E-state index < -0.39 is 11.4 Å². The first-order valence-corrected chi connectivity index (χ1v) is 6.96. The summed E-state index contributed by atoms with van der Waals surface area (Å²) < 4.78 is 4.71. The minimum Gasteiger partial charge on any atom is -0.465 e. The Morgan fingerprint density at radius 1 is 1.05 bits per heavy atom. The lowest BCUT2D eigenvalue weighted by molar-refractivity contribution is 0.0597. The molecule has 0 amide bonds. The second kappa shape index (κ2) is 5.40. The van der Waals surface area contributed by atoms with E-state index >= 15 is 0 Å². The molecule has 0 aliphatic rings. The van der Waals surface area contributed by atoms with Crippen LogP contribution in [0.25, 0.3) is 10.9 Å². The molecule has 1 heterocycles. The van der Waals surface area contributed by atoms with Crippen molar-refractivity contribution >= 4 is 28.4 Å². The van der Waals surface area contributed by atoms with E-state index in [0.29, 0.717) is 16.6 Å². The molecule has 116 valence electrons. The summed E-state index contributed by atoms with van der Waals surface area (Å²) in [5.74, 6) is -0.842. The van der Waals surface area contributed by atoms with E-state index in [0.717, 1.165) is 0 Å². The molecular formula is C17H19NO4. The van der Waals surface area contributed by atoms with Crippen LogP contribution in [0, 0.1) is 5.41 Å². The van der Waals surface area contributed by atoms with Gasteiger partial charge in [0.2, 0.25) is 0 Å². The summed E-state index contributed by atoms with van der Waals surface area (Å²) in [6, 6.07) is 4.87. The first-order chi connectivity index (χ1) is 10.1. The molecule has 0 atom stereocenters. The Morgan fingerprint density at radius 2 is 1.68 bits per heavy atom. The standard InChI is InChI=1S/C17H19NO4/c1-9(19)11-6-10-7-14(15(20)17(2,3)4)18-13(10)8-12(11)16(21)22-5/h6-8,18H,1-5H3. The average molecular weight is 301 g/mol. The molecule has 0 spiro atoms. The molecular weight excluding hydrogens is 282 g/mol. The van der Waals surface area contributed by atoms with Crippen LogP contribution in [0.3, 0.4) is 0 Å². The SMILES string of the molecule is COC(=O)c1cc2[nH]c(C(=O)C(C)(C)C)cc2cc1C(C)=O. The molecule has 0 fully saturated rings. The molecule has 5 nitrogen and oxygen atoms in total. The number of ketones is 2. The van der Waals surface area contributed by atoms with Crippen molar-refractivity contribution in [3.05, 3.63) is 35.0 Å². The largest absolute Gasteiger partial charge is 0.465 e. The molecule has 2 rings (SSSR count). The van der Waals surface area contributed by atoms with Gasteiger partial charge in [0.05, 0.1) is 18.4 Å². The van der Waals surface area contributed by atoms with Crippen molar-refractivity contribution in [3.63, 3.8) is 0 Å². The zero-order valence-electron chi connectivity index (χ0n) is 13.4. The van der Waals surface area contributed by atoms with Crippen LogP contribution in [0.4, 0.5) is 0 Å². The number of benzene rings is 1. The lowest BCUT2D eigenvalue weighted by atomic mass is 9.89. The first kappa shape index (κ1) is 15.9. The van der Waals surface area contributed by atoms with Gasteiger partial charge >= 0.3 is 5.97 Å². The third-order valence-corrected chi connectivity index (χ3v) is 3.47. The average Bonchev–Trinajstić information content (AvgIpc) is 2.85. The number of carbonyl (C=O) groups excluding carboxylic acids is 3. The number of hydrogen-bond donors (Lipinski definition) is 1. The lowest BCUT2D eigenvalue weighted by Crippen LogP contribution is -2.20. The van der Waals surface area contributed by atoms with E-state index in [-0.39, 0.29) is 22.7 Å². The molecule has 0 bridgehead atoms. The van der Waals surface area contributed by atoms with Crippen LogP contribution in [0.15, 0.2) is 18.2 Å². The number of methoxy groups -OCH3 is 1. The molecule has 0 aliphatic carbocycles. The number of carbonyl (C=O) groups is 3. The summed E-state index contributed by atoms with van der Waals surface area (Å²) in [7, 11) is 1.26. The Bertz CT molecular complexity index is 778. The highest BCUT2D eigenvalue weighted by atomic mass is 16.5. The molecule has 1 aromatic carbocycles. The smallest absolute Gasteiger partial charge is 0.338 e. The van der Waals surface area contributed by atoms with Crippen LogP contribution in [0.2, 0.25) is 0 Å². The van der Waals surface area contributed by atoms with Gasteiger partial charge in [-0.15, -0.1) is 0 Å². The van der Waals surface area contributed by atoms with E-state index in [1.54, 1.807) is 18.2 Å². The summed E-state index contributed by atoms with van der Waals surface area (Å²) in [4.78, 5) is 38.9. The molecule has 0 radical (unpaired) electrons. The van der Waals surface area contributed by atoms with E-state index in [9.17, 15) is 14.4 Å². The highest BCUT2D eigenvalue weighted by Gasteiger charge is 2.25. The number of esters is 1. The third kappa shape index (κ3) is 2.79. The molecule has 2 aromatic rings. The van der Waals surface area contributed by atoms with Crippen molar-refractivity contribution in [2.45, 2.75) is 27.7 Å². The van der Waals surface area contributed by atoms with Crippen LogP contribution in [0.5, 0.6) is 0 Å². The molecule has 5 heteroatoms. The number of nitrogens with one attached hydrogen (secondary N) is 1. The molecule has 1 N–H and O–H groups in total. The van der Waals surface area contributed by atoms with E-state index in [1.165, 1.54) is 14.0 Å². The van der Waals surface area contributed by atoms with Gasteiger partial charge in [-0.2, -0.15) is 0 Å².